The zero-order chi connectivity index (χ0) is 14.0. The molecule has 0 aromatic heterocycles. The summed E-state index contributed by atoms with van der Waals surface area (Å²) >= 11 is 0. The predicted molar refractivity (Wildman–Crippen MR) is 74.6 cm³/mol. The zero-order valence-corrected chi connectivity index (χ0v) is 12.3. The SMILES string of the molecule is CC(=O)N[C@H]1C[C@H]2CCCC(=O)N2[C@H](CC(C)C)C1. The Bertz CT molecular complexity index is 354. The number of fused-ring (bicyclic) bond motifs is 1. The number of amides is 2. The molecule has 108 valence electrons. The summed E-state index contributed by atoms with van der Waals surface area (Å²) in [6, 6.07) is 0.896. The van der Waals surface area contributed by atoms with Crippen LogP contribution in [0.2, 0.25) is 0 Å². The van der Waals surface area contributed by atoms with E-state index in [9.17, 15) is 9.59 Å². The molecule has 2 fully saturated rings. The highest BCUT2D eigenvalue weighted by molar-refractivity contribution is 5.78. The Hall–Kier alpha value is -1.06. The summed E-state index contributed by atoms with van der Waals surface area (Å²) in [6.45, 7) is 5.98. The number of carbonyl (C=O) groups is 2. The van der Waals surface area contributed by atoms with E-state index in [0.29, 0.717) is 30.3 Å². The van der Waals surface area contributed by atoms with Crippen LogP contribution >= 0.6 is 0 Å². The Kier molecular flexibility index (Phi) is 4.48. The molecule has 3 atom stereocenters. The van der Waals surface area contributed by atoms with Crippen LogP contribution in [-0.4, -0.2) is 34.8 Å². The van der Waals surface area contributed by atoms with E-state index in [0.717, 1.165) is 32.1 Å². The average molecular weight is 266 g/mol. The fraction of sp³-hybridized carbons (Fsp3) is 0.867. The minimum Gasteiger partial charge on any atom is -0.353 e. The van der Waals surface area contributed by atoms with Crippen LogP contribution < -0.4 is 5.32 Å². The molecule has 4 heteroatoms. The van der Waals surface area contributed by atoms with Crippen molar-refractivity contribution in [1.29, 1.82) is 0 Å². The third-order valence-electron chi connectivity index (χ3n) is 4.27. The Labute approximate surface area is 115 Å². The molecule has 0 aliphatic carbocycles. The Morgan fingerprint density at radius 3 is 2.79 bits per heavy atom. The molecule has 2 amide bonds. The van der Waals surface area contributed by atoms with Crippen LogP contribution in [0.15, 0.2) is 0 Å². The lowest BCUT2D eigenvalue weighted by Crippen LogP contribution is -2.58. The molecular weight excluding hydrogens is 240 g/mol. The molecule has 0 aromatic rings. The molecule has 0 radical (unpaired) electrons. The number of nitrogens with zero attached hydrogens (tertiary/aromatic N) is 1. The summed E-state index contributed by atoms with van der Waals surface area (Å²) in [4.78, 5) is 25.6. The second-order valence-electron chi connectivity index (χ2n) is 6.50. The van der Waals surface area contributed by atoms with Gasteiger partial charge in [0.2, 0.25) is 11.8 Å². The highest BCUT2D eigenvalue weighted by atomic mass is 16.2. The molecule has 0 spiro atoms. The van der Waals surface area contributed by atoms with Gasteiger partial charge in [-0.05, 0) is 38.0 Å². The van der Waals surface area contributed by atoms with Crippen molar-refractivity contribution in [3.63, 3.8) is 0 Å². The normalized spacial score (nSPS) is 31.3. The number of nitrogens with one attached hydrogen (secondary N) is 1. The summed E-state index contributed by atoms with van der Waals surface area (Å²) in [5, 5.41) is 3.06. The monoisotopic (exact) mass is 266 g/mol. The predicted octanol–water partition coefficient (Wildman–Crippen LogP) is 2.08. The van der Waals surface area contributed by atoms with Crippen LogP contribution in [0, 0.1) is 5.92 Å². The number of hydrogen-bond acceptors (Lipinski definition) is 2. The van der Waals surface area contributed by atoms with Gasteiger partial charge in [0, 0.05) is 31.5 Å². The maximum atomic E-state index is 12.2. The third kappa shape index (κ3) is 3.48. The Balaban J connectivity index is 2.10. The van der Waals surface area contributed by atoms with Gasteiger partial charge in [-0.25, -0.2) is 0 Å². The molecule has 0 aromatic carbocycles. The van der Waals surface area contributed by atoms with Crippen molar-refractivity contribution < 1.29 is 9.59 Å². The van der Waals surface area contributed by atoms with Crippen molar-refractivity contribution >= 4 is 11.8 Å². The van der Waals surface area contributed by atoms with Crippen LogP contribution in [0.25, 0.3) is 0 Å². The van der Waals surface area contributed by atoms with E-state index in [1.54, 1.807) is 6.92 Å². The molecule has 19 heavy (non-hydrogen) atoms. The first-order chi connectivity index (χ1) is 8.97. The lowest BCUT2D eigenvalue weighted by Gasteiger charge is -2.48. The second-order valence-corrected chi connectivity index (χ2v) is 6.50. The molecule has 2 heterocycles. The molecule has 0 bridgehead atoms. The number of carbonyl (C=O) groups excluding carboxylic acids is 2. The van der Waals surface area contributed by atoms with Crippen LogP contribution in [0.1, 0.15) is 59.3 Å². The van der Waals surface area contributed by atoms with Crippen molar-refractivity contribution in [2.45, 2.75) is 77.4 Å². The lowest BCUT2D eigenvalue weighted by molar-refractivity contribution is -0.143. The van der Waals surface area contributed by atoms with Gasteiger partial charge in [-0.3, -0.25) is 9.59 Å². The minimum atomic E-state index is 0.0453. The summed E-state index contributed by atoms with van der Waals surface area (Å²) in [5.41, 5.74) is 0. The number of hydrogen-bond donors (Lipinski definition) is 1. The van der Waals surface area contributed by atoms with Crippen LogP contribution in [0.4, 0.5) is 0 Å². The minimum absolute atomic E-state index is 0.0453. The van der Waals surface area contributed by atoms with Gasteiger partial charge in [0.05, 0.1) is 0 Å². The molecule has 0 saturated carbocycles. The van der Waals surface area contributed by atoms with Crippen LogP contribution in [0.3, 0.4) is 0 Å². The topological polar surface area (TPSA) is 49.4 Å². The highest BCUT2D eigenvalue weighted by Gasteiger charge is 2.40. The Morgan fingerprint density at radius 1 is 1.42 bits per heavy atom. The van der Waals surface area contributed by atoms with Crippen molar-refractivity contribution in [1.82, 2.24) is 10.2 Å². The van der Waals surface area contributed by atoms with Crippen LogP contribution in [-0.2, 0) is 9.59 Å². The first-order valence-corrected chi connectivity index (χ1v) is 7.55. The van der Waals surface area contributed by atoms with E-state index in [4.69, 9.17) is 0 Å². The summed E-state index contributed by atoms with van der Waals surface area (Å²) in [7, 11) is 0. The van der Waals surface area contributed by atoms with Crippen molar-refractivity contribution in [2.24, 2.45) is 5.92 Å². The highest BCUT2D eigenvalue weighted by Crippen LogP contribution is 2.33. The third-order valence-corrected chi connectivity index (χ3v) is 4.27. The quantitative estimate of drug-likeness (QED) is 0.850. The molecule has 2 aliphatic rings. The molecule has 0 unspecified atom stereocenters. The van der Waals surface area contributed by atoms with Crippen molar-refractivity contribution in [3.05, 3.63) is 0 Å². The van der Waals surface area contributed by atoms with E-state index in [1.165, 1.54) is 0 Å². The summed E-state index contributed by atoms with van der Waals surface area (Å²) in [5.74, 6) is 0.948. The fourth-order valence-electron chi connectivity index (χ4n) is 3.72. The van der Waals surface area contributed by atoms with Gasteiger partial charge in [0.15, 0.2) is 0 Å². The molecule has 2 rings (SSSR count). The van der Waals surface area contributed by atoms with Gasteiger partial charge in [-0.15, -0.1) is 0 Å². The molecule has 2 aliphatic heterocycles. The van der Waals surface area contributed by atoms with Gasteiger partial charge < -0.3 is 10.2 Å². The van der Waals surface area contributed by atoms with E-state index in [-0.39, 0.29) is 11.9 Å². The standard InChI is InChI=1S/C15H26N2O2/c1-10(2)7-14-9-12(16-11(3)18)8-13-5-4-6-15(19)17(13)14/h10,12-14H,4-9H2,1-3H3,(H,16,18)/t12-,13+,14+/m0/s1. The summed E-state index contributed by atoms with van der Waals surface area (Å²) in [6.07, 6.45) is 5.69. The number of rotatable bonds is 3. The van der Waals surface area contributed by atoms with Gasteiger partial charge in [0.1, 0.15) is 0 Å². The molecular formula is C15H26N2O2. The van der Waals surface area contributed by atoms with E-state index in [2.05, 4.69) is 24.1 Å². The van der Waals surface area contributed by atoms with Gasteiger partial charge >= 0.3 is 0 Å². The number of piperidine rings is 2. The largest absolute Gasteiger partial charge is 0.353 e. The van der Waals surface area contributed by atoms with Crippen molar-refractivity contribution in [2.75, 3.05) is 0 Å². The molecule has 1 N–H and O–H groups in total. The van der Waals surface area contributed by atoms with E-state index < -0.39 is 0 Å². The molecule has 4 nitrogen and oxygen atoms in total. The van der Waals surface area contributed by atoms with Crippen molar-refractivity contribution in [3.8, 4) is 0 Å². The van der Waals surface area contributed by atoms with E-state index in [1.807, 2.05) is 0 Å². The molecule has 2 saturated heterocycles. The maximum Gasteiger partial charge on any atom is 0.223 e. The second kappa shape index (κ2) is 5.93. The zero-order valence-electron chi connectivity index (χ0n) is 12.3. The smallest absolute Gasteiger partial charge is 0.223 e. The van der Waals surface area contributed by atoms with Gasteiger partial charge in [-0.1, -0.05) is 13.8 Å². The Morgan fingerprint density at radius 2 is 2.16 bits per heavy atom. The van der Waals surface area contributed by atoms with Gasteiger partial charge in [0.25, 0.3) is 0 Å². The van der Waals surface area contributed by atoms with Gasteiger partial charge in [-0.2, -0.15) is 0 Å². The van der Waals surface area contributed by atoms with Crippen LogP contribution in [0.5, 0.6) is 0 Å². The fourth-order valence-corrected chi connectivity index (χ4v) is 3.72. The summed E-state index contributed by atoms with van der Waals surface area (Å²) < 4.78 is 0. The first kappa shape index (κ1) is 14.4. The lowest BCUT2D eigenvalue weighted by atomic mass is 9.82. The average Bonchev–Trinajstić information content (AvgIpc) is 2.26. The maximum absolute atomic E-state index is 12.2. The van der Waals surface area contributed by atoms with E-state index >= 15 is 0 Å². The first-order valence-electron chi connectivity index (χ1n) is 7.55.